The number of benzene rings is 2. The molecule has 1 unspecified atom stereocenters. The zero-order valence-corrected chi connectivity index (χ0v) is 34.3. The molecule has 0 radical (unpaired) electrons. The minimum Gasteiger partial charge on any atom is -0.475 e. The van der Waals surface area contributed by atoms with Gasteiger partial charge in [0.05, 0.1) is 29.2 Å². The Labute approximate surface area is 352 Å². The maximum Gasteiger partial charge on any atom is 0.490 e. The molecule has 0 spiro atoms. The number of allylic oxidation sites excluding steroid dienone is 1. The number of hydrogen-bond acceptors (Lipinski definition) is 11. The highest BCUT2D eigenvalue weighted by Crippen LogP contribution is 2.51. The number of aliphatic carboxylic acids is 1. The number of carbonyl (C=O) groups is 6. The number of aromatic nitrogens is 1. The average Bonchev–Trinajstić information content (AvgIpc) is 3.59. The Morgan fingerprint density at radius 2 is 1.74 bits per heavy atom. The van der Waals surface area contributed by atoms with Crippen molar-refractivity contribution in [1.29, 1.82) is 0 Å². The van der Waals surface area contributed by atoms with Gasteiger partial charge in [0.15, 0.2) is 11.4 Å². The maximum atomic E-state index is 15.3. The first-order valence-corrected chi connectivity index (χ1v) is 19.8. The smallest absolute Gasteiger partial charge is 0.475 e. The van der Waals surface area contributed by atoms with E-state index in [0.717, 1.165) is 22.1 Å². The molecule has 7 rings (SSSR count). The SMILES string of the molecule is CC[C@@]1(O)C(=O)OCC2=C1C=C1c3nc4cc(F)c(C)c5c4c(c3CC1C2=O)[C@@H](NC(=O)OCc1ccc(NC(=O)[C@H](C)NC(=O)[C@@H](N)C(C)C)cc1)CC5.O=C(O)C(F)(F)F. The number of anilines is 1. The topological polar surface area (TPSA) is 236 Å². The lowest BCUT2D eigenvalue weighted by Gasteiger charge is -2.35. The lowest BCUT2D eigenvalue weighted by molar-refractivity contribution is -0.192. The average molecular weight is 868 g/mol. The number of aliphatic hydroxyl groups is 1. The van der Waals surface area contributed by atoms with E-state index in [4.69, 9.17) is 30.1 Å². The first-order chi connectivity index (χ1) is 29.1. The van der Waals surface area contributed by atoms with Gasteiger partial charge in [-0.1, -0.05) is 32.9 Å². The van der Waals surface area contributed by atoms with Gasteiger partial charge in [-0.25, -0.2) is 23.8 Å². The van der Waals surface area contributed by atoms with Crippen LogP contribution in [0.1, 0.15) is 80.1 Å². The van der Waals surface area contributed by atoms with E-state index in [0.29, 0.717) is 46.4 Å². The van der Waals surface area contributed by atoms with E-state index in [1.807, 2.05) is 13.8 Å². The third-order valence-electron chi connectivity index (χ3n) is 11.6. The van der Waals surface area contributed by atoms with Crippen molar-refractivity contribution in [2.45, 2.75) is 96.8 Å². The number of carbonyl (C=O) groups excluding carboxylic acids is 5. The lowest BCUT2D eigenvalue weighted by Crippen LogP contribution is -2.50. The molecule has 4 aliphatic rings. The van der Waals surface area contributed by atoms with Crippen molar-refractivity contribution >= 4 is 57.8 Å². The molecule has 15 nitrogen and oxygen atoms in total. The molecule has 0 saturated heterocycles. The van der Waals surface area contributed by atoms with E-state index < -0.39 is 71.5 Å². The Morgan fingerprint density at radius 3 is 2.35 bits per heavy atom. The molecule has 2 aromatic carbocycles. The second-order valence-electron chi connectivity index (χ2n) is 15.9. The van der Waals surface area contributed by atoms with Gasteiger partial charge in [0.1, 0.15) is 25.1 Å². The number of fused-ring (bicyclic) bond motifs is 4. The minimum absolute atomic E-state index is 0.00704. The summed E-state index contributed by atoms with van der Waals surface area (Å²) in [6.45, 7) is 8.26. The molecule has 19 heteroatoms. The number of nitrogens with zero attached hydrogens (tertiary/aromatic N) is 1. The molecule has 3 amide bonds. The van der Waals surface area contributed by atoms with Crippen LogP contribution in [0.5, 0.6) is 0 Å². The zero-order valence-electron chi connectivity index (χ0n) is 34.3. The second-order valence-corrected chi connectivity index (χ2v) is 15.9. The number of nitrogens with one attached hydrogen (secondary N) is 3. The number of halogens is 4. The van der Waals surface area contributed by atoms with Crippen LogP contribution in [0.3, 0.4) is 0 Å². The summed E-state index contributed by atoms with van der Waals surface area (Å²) < 4.78 is 57.9. The van der Waals surface area contributed by atoms with Crippen LogP contribution >= 0.6 is 0 Å². The van der Waals surface area contributed by atoms with Crippen molar-refractivity contribution < 1.29 is 66.0 Å². The predicted molar refractivity (Wildman–Crippen MR) is 213 cm³/mol. The minimum atomic E-state index is -5.08. The molecule has 1 aliphatic heterocycles. The number of alkyl halides is 3. The summed E-state index contributed by atoms with van der Waals surface area (Å²) in [5, 5.41) is 27.5. The lowest BCUT2D eigenvalue weighted by atomic mass is 9.75. The van der Waals surface area contributed by atoms with Gasteiger partial charge in [-0.2, -0.15) is 13.2 Å². The molecule has 1 aromatic heterocycles. The summed E-state index contributed by atoms with van der Waals surface area (Å²) in [4.78, 5) is 78.7. The molecule has 330 valence electrons. The largest absolute Gasteiger partial charge is 0.490 e. The Kier molecular flexibility index (Phi) is 12.6. The molecule has 0 saturated carbocycles. The highest BCUT2D eigenvalue weighted by Gasteiger charge is 2.51. The fourth-order valence-corrected chi connectivity index (χ4v) is 7.99. The van der Waals surface area contributed by atoms with E-state index >= 15 is 4.39 Å². The van der Waals surface area contributed by atoms with Gasteiger partial charge in [0.2, 0.25) is 11.8 Å². The molecule has 5 atom stereocenters. The number of esters is 1. The van der Waals surface area contributed by atoms with Crippen LogP contribution in [-0.4, -0.2) is 81.3 Å². The number of hydrogen-bond donors (Lipinski definition) is 6. The van der Waals surface area contributed by atoms with Crippen molar-refractivity contribution in [3.8, 4) is 0 Å². The third-order valence-corrected chi connectivity index (χ3v) is 11.6. The molecule has 3 aliphatic carbocycles. The Morgan fingerprint density at radius 1 is 1.08 bits per heavy atom. The van der Waals surface area contributed by atoms with Crippen LogP contribution in [0.2, 0.25) is 0 Å². The highest BCUT2D eigenvalue weighted by molar-refractivity contribution is 6.12. The summed E-state index contributed by atoms with van der Waals surface area (Å²) in [7, 11) is 0. The fraction of sp³-hybridized carbons (Fsp3) is 0.419. The van der Waals surface area contributed by atoms with E-state index in [1.165, 1.54) is 6.07 Å². The van der Waals surface area contributed by atoms with Crippen LogP contribution in [0.15, 0.2) is 47.6 Å². The number of rotatable bonds is 9. The molecule has 3 aromatic rings. The van der Waals surface area contributed by atoms with E-state index in [9.17, 15) is 42.3 Å². The monoisotopic (exact) mass is 867 g/mol. The van der Waals surface area contributed by atoms with Crippen LogP contribution in [0, 0.1) is 24.6 Å². The van der Waals surface area contributed by atoms with Crippen LogP contribution in [0.25, 0.3) is 16.5 Å². The van der Waals surface area contributed by atoms with Crippen molar-refractivity contribution in [2.24, 2.45) is 17.6 Å². The van der Waals surface area contributed by atoms with Gasteiger partial charge in [0.25, 0.3) is 0 Å². The predicted octanol–water partition coefficient (Wildman–Crippen LogP) is 4.79. The molecule has 62 heavy (non-hydrogen) atoms. The van der Waals surface area contributed by atoms with Crippen molar-refractivity contribution in [3.05, 3.63) is 86.9 Å². The van der Waals surface area contributed by atoms with Crippen LogP contribution in [-0.2, 0) is 52.9 Å². The number of ketones is 1. The summed E-state index contributed by atoms with van der Waals surface area (Å²) >= 11 is 0. The van der Waals surface area contributed by atoms with Crippen molar-refractivity contribution in [2.75, 3.05) is 11.9 Å². The summed E-state index contributed by atoms with van der Waals surface area (Å²) in [5.74, 6) is -5.80. The molecule has 2 heterocycles. The van der Waals surface area contributed by atoms with E-state index in [1.54, 1.807) is 51.1 Å². The summed E-state index contributed by atoms with van der Waals surface area (Å²) in [6.07, 6.45) is -2.89. The van der Waals surface area contributed by atoms with Gasteiger partial charge in [-0.3, -0.25) is 14.4 Å². The summed E-state index contributed by atoms with van der Waals surface area (Å²) in [6, 6.07) is 5.99. The van der Waals surface area contributed by atoms with Gasteiger partial charge in [-0.15, -0.1) is 0 Å². The number of cyclic esters (lactones) is 1. The number of carboxylic acid groups (broad SMARTS) is 1. The van der Waals surface area contributed by atoms with Crippen LogP contribution in [0.4, 0.5) is 28.0 Å². The van der Waals surface area contributed by atoms with E-state index in [-0.39, 0.29) is 48.9 Å². The van der Waals surface area contributed by atoms with E-state index in [2.05, 4.69) is 16.0 Å². The normalized spacial score (nSPS) is 21.0. The molecular formula is C43H45F4N5O10. The number of pyridine rings is 1. The Balaban J connectivity index is 0.000000845. The number of amides is 3. The fourth-order valence-electron chi connectivity index (χ4n) is 7.99. The quantitative estimate of drug-likeness (QED) is 0.126. The number of Topliss-reactive ketones (excluding diaryl/α,β-unsaturated/α-hetero) is 1. The first kappa shape index (κ1) is 45.3. The van der Waals surface area contributed by atoms with Crippen LogP contribution < -0.4 is 21.7 Å². The number of ether oxygens (including phenoxy) is 2. The number of aryl methyl sites for hydroxylation is 1. The van der Waals surface area contributed by atoms with Crippen molar-refractivity contribution in [1.82, 2.24) is 15.6 Å². The van der Waals surface area contributed by atoms with Gasteiger partial charge in [0, 0.05) is 28.3 Å². The number of nitrogens with two attached hydrogens (primary N) is 1. The number of carboxylic acids is 1. The van der Waals surface area contributed by atoms with Crippen molar-refractivity contribution in [3.63, 3.8) is 0 Å². The zero-order chi connectivity index (χ0) is 45.6. The molecule has 7 N–H and O–H groups in total. The first-order valence-electron chi connectivity index (χ1n) is 19.8. The van der Waals surface area contributed by atoms with Gasteiger partial charge in [-0.05, 0) is 97.0 Å². The Hall–Kier alpha value is -6.21. The van der Waals surface area contributed by atoms with Gasteiger partial charge >= 0.3 is 24.2 Å². The highest BCUT2D eigenvalue weighted by atomic mass is 19.4. The standard InChI is InChI=1S/C41H44FN5O8.C2HF3O2/c1-6-41(53)28-14-24-25(36(48)27(28)17-54-39(41)51)13-26-33-30(12-11-23-19(4)29(42)15-31(32(23)33)46-35(24)26)47-40(52)55-16-21-7-9-22(10-8-21)45-37(49)20(5)44-38(50)34(43)18(2)3;3-2(4,5)1(6)7/h7-10,14-15,18,20,25,30,34,53H,6,11-13,16-17,43H2,1-5H3,(H,44,50)(H,45,49)(H,47,52);(H,6,7)/t20-,25?,30-,34-,41-;/m0./s1. The summed E-state index contributed by atoms with van der Waals surface area (Å²) in [5.41, 5.74) is 9.69. The third kappa shape index (κ3) is 8.63. The molecule has 0 bridgehead atoms. The molecular weight excluding hydrogens is 822 g/mol. The van der Waals surface area contributed by atoms with Gasteiger partial charge < -0.3 is 41.4 Å². The number of alkyl carbamates (subject to hydrolysis) is 1. The second kappa shape index (κ2) is 17.3. The Bertz CT molecular complexity index is 2450. The molecule has 0 fully saturated rings. The maximum absolute atomic E-state index is 15.3.